The standard InChI is InChI=1S/C19H29N7O2/c1-24(11-14(28)12-27)16-3-7-20-18(23-16)26-9-5-19(6-10-26)17-15(21-13-22-17)4-8-25(19)2/h3,7,13-14,27-28H,4-6,8-12H2,1-2H3,(H,21,22)/t14-/m1/s1. The first-order valence-electron chi connectivity index (χ1n) is 9.85. The first-order chi connectivity index (χ1) is 13.5. The topological polar surface area (TPSA) is 105 Å². The molecule has 2 aliphatic heterocycles. The molecule has 2 aliphatic rings. The Kier molecular flexibility index (Phi) is 5.22. The van der Waals surface area contributed by atoms with Crippen molar-refractivity contribution in [2.45, 2.75) is 30.9 Å². The highest BCUT2D eigenvalue weighted by molar-refractivity contribution is 5.44. The van der Waals surface area contributed by atoms with Crippen molar-refractivity contribution >= 4 is 11.8 Å². The Labute approximate surface area is 165 Å². The lowest BCUT2D eigenvalue weighted by atomic mass is 9.79. The Balaban J connectivity index is 1.48. The number of aromatic nitrogens is 4. The number of nitrogens with one attached hydrogen (secondary N) is 1. The van der Waals surface area contributed by atoms with Gasteiger partial charge in [-0.25, -0.2) is 9.97 Å². The molecule has 0 bridgehead atoms. The molecule has 1 atom stereocenters. The van der Waals surface area contributed by atoms with Crippen molar-refractivity contribution in [1.29, 1.82) is 0 Å². The van der Waals surface area contributed by atoms with Gasteiger partial charge in [-0.15, -0.1) is 0 Å². The van der Waals surface area contributed by atoms with E-state index in [0.29, 0.717) is 12.5 Å². The van der Waals surface area contributed by atoms with E-state index in [1.165, 1.54) is 11.4 Å². The molecule has 0 aromatic carbocycles. The summed E-state index contributed by atoms with van der Waals surface area (Å²) in [6.07, 6.45) is 5.77. The van der Waals surface area contributed by atoms with Crippen LogP contribution in [-0.2, 0) is 12.0 Å². The van der Waals surface area contributed by atoms with Gasteiger partial charge in [-0.1, -0.05) is 0 Å². The monoisotopic (exact) mass is 387 g/mol. The molecule has 1 saturated heterocycles. The predicted octanol–water partition coefficient (Wildman–Crippen LogP) is -0.0273. The Bertz CT molecular complexity index is 803. The highest BCUT2D eigenvalue weighted by Gasteiger charge is 2.45. The zero-order chi connectivity index (χ0) is 19.7. The van der Waals surface area contributed by atoms with Gasteiger partial charge in [0.05, 0.1) is 30.3 Å². The summed E-state index contributed by atoms with van der Waals surface area (Å²) in [7, 11) is 4.05. The third-order valence-electron chi connectivity index (χ3n) is 6.18. The highest BCUT2D eigenvalue weighted by Crippen LogP contribution is 2.41. The normalized spacial score (nSPS) is 20.2. The minimum atomic E-state index is -0.789. The zero-order valence-electron chi connectivity index (χ0n) is 16.5. The number of hydrogen-bond donors (Lipinski definition) is 3. The quantitative estimate of drug-likeness (QED) is 0.657. The summed E-state index contributed by atoms with van der Waals surface area (Å²) in [4.78, 5) is 23.6. The maximum Gasteiger partial charge on any atom is 0.227 e. The lowest BCUT2D eigenvalue weighted by Gasteiger charge is -2.49. The number of hydrogen-bond acceptors (Lipinski definition) is 8. The second-order valence-corrected chi connectivity index (χ2v) is 7.85. The highest BCUT2D eigenvalue weighted by atomic mass is 16.3. The Morgan fingerprint density at radius 2 is 2.07 bits per heavy atom. The van der Waals surface area contributed by atoms with Crippen molar-refractivity contribution < 1.29 is 10.2 Å². The molecule has 9 nitrogen and oxygen atoms in total. The molecule has 4 heterocycles. The van der Waals surface area contributed by atoms with Crippen LogP contribution < -0.4 is 9.80 Å². The molecule has 4 rings (SSSR count). The van der Waals surface area contributed by atoms with Gasteiger partial charge < -0.3 is 25.0 Å². The van der Waals surface area contributed by atoms with Gasteiger partial charge in [0.25, 0.3) is 0 Å². The summed E-state index contributed by atoms with van der Waals surface area (Å²) in [5.41, 5.74) is 2.46. The van der Waals surface area contributed by atoms with Crippen molar-refractivity contribution in [3.05, 3.63) is 30.0 Å². The Morgan fingerprint density at radius 3 is 2.82 bits per heavy atom. The molecule has 9 heteroatoms. The second-order valence-electron chi connectivity index (χ2n) is 7.85. The lowest BCUT2D eigenvalue weighted by Crippen LogP contribution is -2.55. The maximum absolute atomic E-state index is 9.68. The van der Waals surface area contributed by atoms with E-state index in [1.54, 1.807) is 6.20 Å². The van der Waals surface area contributed by atoms with E-state index in [-0.39, 0.29) is 12.1 Å². The van der Waals surface area contributed by atoms with Crippen LogP contribution in [0.2, 0.25) is 0 Å². The van der Waals surface area contributed by atoms with Gasteiger partial charge in [0, 0.05) is 51.5 Å². The predicted molar refractivity (Wildman–Crippen MR) is 106 cm³/mol. The number of imidazole rings is 1. The smallest absolute Gasteiger partial charge is 0.227 e. The summed E-state index contributed by atoms with van der Waals surface area (Å²) in [6.45, 7) is 2.83. The number of rotatable bonds is 5. The molecular weight excluding hydrogens is 358 g/mol. The average molecular weight is 387 g/mol. The van der Waals surface area contributed by atoms with Gasteiger partial charge in [0.15, 0.2) is 0 Å². The first-order valence-corrected chi connectivity index (χ1v) is 9.85. The molecule has 0 amide bonds. The van der Waals surface area contributed by atoms with Gasteiger partial charge in [-0.05, 0) is 26.0 Å². The van der Waals surface area contributed by atoms with Crippen molar-refractivity contribution in [3.8, 4) is 0 Å². The molecule has 2 aromatic heterocycles. The fraction of sp³-hybridized carbons (Fsp3) is 0.632. The van der Waals surface area contributed by atoms with Gasteiger partial charge in [-0.2, -0.15) is 4.98 Å². The van der Waals surface area contributed by atoms with Crippen molar-refractivity contribution in [3.63, 3.8) is 0 Å². The number of aliphatic hydroxyl groups is 2. The lowest BCUT2D eigenvalue weighted by molar-refractivity contribution is 0.0710. The fourth-order valence-corrected chi connectivity index (χ4v) is 4.45. The van der Waals surface area contributed by atoms with Crippen LogP contribution in [0.3, 0.4) is 0 Å². The third-order valence-corrected chi connectivity index (χ3v) is 6.18. The van der Waals surface area contributed by atoms with E-state index in [1.807, 2.05) is 24.3 Å². The summed E-state index contributed by atoms with van der Waals surface area (Å²) in [6, 6.07) is 1.82. The summed E-state index contributed by atoms with van der Waals surface area (Å²) < 4.78 is 0. The molecule has 3 N–H and O–H groups in total. The Hall–Kier alpha value is -2.23. The average Bonchev–Trinajstić information content (AvgIpc) is 3.21. The van der Waals surface area contributed by atoms with Gasteiger partial charge >= 0.3 is 0 Å². The molecule has 0 unspecified atom stereocenters. The van der Waals surface area contributed by atoms with Crippen LogP contribution in [-0.4, -0.2) is 88.0 Å². The van der Waals surface area contributed by atoms with Crippen LogP contribution in [0.1, 0.15) is 24.2 Å². The van der Waals surface area contributed by atoms with Crippen molar-refractivity contribution in [2.24, 2.45) is 0 Å². The molecule has 0 aliphatic carbocycles. The van der Waals surface area contributed by atoms with Crippen LogP contribution in [0.15, 0.2) is 18.6 Å². The van der Waals surface area contributed by atoms with E-state index in [4.69, 9.17) is 5.11 Å². The van der Waals surface area contributed by atoms with Crippen LogP contribution in [0, 0.1) is 0 Å². The molecular formula is C19H29N7O2. The van der Waals surface area contributed by atoms with Crippen LogP contribution in [0.25, 0.3) is 0 Å². The van der Waals surface area contributed by atoms with Crippen LogP contribution >= 0.6 is 0 Å². The summed E-state index contributed by atoms with van der Waals surface area (Å²) in [5.74, 6) is 1.44. The van der Waals surface area contributed by atoms with Crippen LogP contribution in [0.4, 0.5) is 11.8 Å². The zero-order valence-corrected chi connectivity index (χ0v) is 16.5. The molecule has 1 fully saturated rings. The third kappa shape index (κ3) is 3.34. The first kappa shape index (κ1) is 19.1. The molecule has 0 saturated carbocycles. The Morgan fingerprint density at radius 1 is 1.29 bits per heavy atom. The molecule has 2 aromatic rings. The van der Waals surface area contributed by atoms with Crippen molar-refractivity contribution in [2.75, 3.05) is 56.7 Å². The molecule has 1 spiro atoms. The van der Waals surface area contributed by atoms with E-state index in [2.05, 4.69) is 36.8 Å². The summed E-state index contributed by atoms with van der Waals surface area (Å²) in [5, 5.41) is 18.7. The van der Waals surface area contributed by atoms with Crippen molar-refractivity contribution in [1.82, 2.24) is 24.8 Å². The maximum atomic E-state index is 9.68. The number of H-pyrrole nitrogens is 1. The number of aromatic amines is 1. The molecule has 28 heavy (non-hydrogen) atoms. The number of fused-ring (bicyclic) bond motifs is 2. The molecule has 0 radical (unpaired) electrons. The van der Waals surface area contributed by atoms with E-state index < -0.39 is 6.10 Å². The second kappa shape index (κ2) is 7.65. The minimum absolute atomic E-state index is 0.0102. The number of likely N-dealkylation sites (N-methyl/N-ethyl adjacent to an activating group) is 2. The van der Waals surface area contributed by atoms with Gasteiger partial charge in [0.1, 0.15) is 5.82 Å². The van der Waals surface area contributed by atoms with Crippen LogP contribution in [0.5, 0.6) is 0 Å². The van der Waals surface area contributed by atoms with Gasteiger partial charge in [-0.3, -0.25) is 4.90 Å². The number of piperidine rings is 1. The molecule has 152 valence electrons. The minimum Gasteiger partial charge on any atom is -0.394 e. The fourth-order valence-electron chi connectivity index (χ4n) is 4.45. The largest absolute Gasteiger partial charge is 0.394 e. The van der Waals surface area contributed by atoms with E-state index >= 15 is 0 Å². The summed E-state index contributed by atoms with van der Waals surface area (Å²) >= 11 is 0. The number of aliphatic hydroxyl groups excluding tert-OH is 2. The number of nitrogens with zero attached hydrogens (tertiary/aromatic N) is 6. The van der Waals surface area contributed by atoms with E-state index in [9.17, 15) is 5.11 Å². The van der Waals surface area contributed by atoms with Gasteiger partial charge in [0.2, 0.25) is 5.95 Å². The SMILES string of the molecule is CN(C[C@@H](O)CO)c1ccnc(N2CCC3(CC2)c2nc[nH]c2CCN3C)n1. The van der Waals surface area contributed by atoms with E-state index in [0.717, 1.165) is 44.7 Å². The number of anilines is 2.